The van der Waals surface area contributed by atoms with E-state index in [4.69, 9.17) is 5.11 Å². The number of rotatable bonds is 7. The standard InChI is InChI=1S/C12H18N4O4S/c1-3-13-9(17)6-16(4-2)12(20)14-5-10-15-8(7-21-10)11(18)19/h7H,3-6H2,1-2H3,(H,13,17)(H,14,20)(H,18,19). The molecule has 9 heteroatoms. The van der Waals surface area contributed by atoms with Crippen LogP contribution in [0, 0.1) is 0 Å². The van der Waals surface area contributed by atoms with E-state index in [0.29, 0.717) is 18.1 Å². The summed E-state index contributed by atoms with van der Waals surface area (Å²) in [6.07, 6.45) is 0. The highest BCUT2D eigenvalue weighted by atomic mass is 32.1. The van der Waals surface area contributed by atoms with Crippen molar-refractivity contribution in [3.8, 4) is 0 Å². The second-order valence-corrected chi connectivity index (χ2v) is 5.00. The molecule has 0 bridgehead atoms. The third kappa shape index (κ3) is 5.38. The number of carboxylic acid groups (broad SMARTS) is 1. The van der Waals surface area contributed by atoms with Gasteiger partial charge in [0, 0.05) is 18.5 Å². The Bertz CT molecular complexity index is 517. The van der Waals surface area contributed by atoms with Gasteiger partial charge in [-0.25, -0.2) is 14.6 Å². The Kier molecular flexibility index (Phi) is 6.60. The normalized spacial score (nSPS) is 10.0. The number of aromatic nitrogens is 1. The molecule has 0 unspecified atom stereocenters. The highest BCUT2D eigenvalue weighted by Gasteiger charge is 2.15. The first kappa shape index (κ1) is 16.9. The number of aromatic carboxylic acids is 1. The van der Waals surface area contributed by atoms with Crippen molar-refractivity contribution in [1.82, 2.24) is 20.5 Å². The molecule has 3 N–H and O–H groups in total. The molecular formula is C12H18N4O4S. The molecule has 0 spiro atoms. The zero-order valence-electron chi connectivity index (χ0n) is 11.9. The molecule has 1 heterocycles. The molecule has 0 saturated heterocycles. The van der Waals surface area contributed by atoms with E-state index in [1.165, 1.54) is 10.3 Å². The maximum Gasteiger partial charge on any atom is 0.355 e. The van der Waals surface area contributed by atoms with Gasteiger partial charge < -0.3 is 20.6 Å². The number of nitrogens with zero attached hydrogens (tertiary/aromatic N) is 2. The lowest BCUT2D eigenvalue weighted by Crippen LogP contribution is -2.45. The van der Waals surface area contributed by atoms with Gasteiger partial charge in [0.2, 0.25) is 5.91 Å². The van der Waals surface area contributed by atoms with Gasteiger partial charge in [-0.05, 0) is 13.8 Å². The van der Waals surface area contributed by atoms with Crippen molar-refractivity contribution in [3.63, 3.8) is 0 Å². The van der Waals surface area contributed by atoms with Crippen LogP contribution in [0.25, 0.3) is 0 Å². The van der Waals surface area contributed by atoms with Gasteiger partial charge in [-0.3, -0.25) is 4.79 Å². The molecule has 21 heavy (non-hydrogen) atoms. The Morgan fingerprint density at radius 1 is 1.33 bits per heavy atom. The highest BCUT2D eigenvalue weighted by molar-refractivity contribution is 7.09. The molecule has 1 aromatic heterocycles. The predicted octanol–water partition coefficient (Wildman–Crippen LogP) is 0.509. The van der Waals surface area contributed by atoms with Gasteiger partial charge in [0.15, 0.2) is 5.69 Å². The largest absolute Gasteiger partial charge is 0.476 e. The third-order valence-corrected chi connectivity index (χ3v) is 3.39. The minimum atomic E-state index is -1.10. The van der Waals surface area contributed by atoms with E-state index in [-0.39, 0.29) is 24.7 Å². The van der Waals surface area contributed by atoms with Gasteiger partial charge in [-0.2, -0.15) is 0 Å². The summed E-state index contributed by atoms with van der Waals surface area (Å²) in [6, 6.07) is -0.393. The number of thiazole rings is 1. The van der Waals surface area contributed by atoms with Gasteiger partial charge in [0.05, 0.1) is 6.54 Å². The van der Waals surface area contributed by atoms with E-state index in [2.05, 4.69) is 15.6 Å². The fraction of sp³-hybridized carbons (Fsp3) is 0.500. The van der Waals surface area contributed by atoms with Crippen LogP contribution in [0.5, 0.6) is 0 Å². The average molecular weight is 314 g/mol. The minimum Gasteiger partial charge on any atom is -0.476 e. The minimum absolute atomic E-state index is 0.0194. The lowest BCUT2D eigenvalue weighted by Gasteiger charge is -2.20. The van der Waals surface area contributed by atoms with Gasteiger partial charge in [0.25, 0.3) is 0 Å². The molecule has 0 fully saturated rings. The fourth-order valence-electron chi connectivity index (χ4n) is 1.51. The van der Waals surface area contributed by atoms with Crippen LogP contribution in [0.2, 0.25) is 0 Å². The summed E-state index contributed by atoms with van der Waals surface area (Å²) in [6.45, 7) is 4.58. The SMILES string of the molecule is CCNC(=O)CN(CC)C(=O)NCc1nc(C(=O)O)cs1. The molecule has 0 aliphatic heterocycles. The Morgan fingerprint density at radius 3 is 2.57 bits per heavy atom. The Hall–Kier alpha value is -2.16. The Morgan fingerprint density at radius 2 is 2.05 bits per heavy atom. The molecule has 1 aromatic rings. The number of hydrogen-bond acceptors (Lipinski definition) is 5. The fourth-order valence-corrected chi connectivity index (χ4v) is 2.21. The van der Waals surface area contributed by atoms with Crippen LogP contribution in [0.3, 0.4) is 0 Å². The average Bonchev–Trinajstić information content (AvgIpc) is 2.91. The van der Waals surface area contributed by atoms with Crippen LogP contribution in [0.1, 0.15) is 29.3 Å². The molecule has 0 aromatic carbocycles. The van der Waals surface area contributed by atoms with E-state index in [1.54, 1.807) is 13.8 Å². The number of carbonyl (C=O) groups is 3. The Labute approximate surface area is 126 Å². The van der Waals surface area contributed by atoms with Gasteiger partial charge in [0.1, 0.15) is 11.6 Å². The van der Waals surface area contributed by atoms with E-state index >= 15 is 0 Å². The topological polar surface area (TPSA) is 112 Å². The number of amides is 3. The molecule has 8 nitrogen and oxygen atoms in total. The molecular weight excluding hydrogens is 296 g/mol. The summed E-state index contributed by atoms with van der Waals surface area (Å²) in [5.74, 6) is -1.33. The summed E-state index contributed by atoms with van der Waals surface area (Å²) in [4.78, 5) is 39.3. The second kappa shape index (κ2) is 8.20. The smallest absolute Gasteiger partial charge is 0.355 e. The maximum absolute atomic E-state index is 11.9. The number of nitrogens with one attached hydrogen (secondary N) is 2. The highest BCUT2D eigenvalue weighted by Crippen LogP contribution is 2.09. The van der Waals surface area contributed by atoms with Crippen LogP contribution < -0.4 is 10.6 Å². The van der Waals surface area contributed by atoms with Crippen molar-refractivity contribution in [2.24, 2.45) is 0 Å². The van der Waals surface area contributed by atoms with Crippen LogP contribution in [-0.2, 0) is 11.3 Å². The lowest BCUT2D eigenvalue weighted by atomic mass is 10.4. The first-order valence-electron chi connectivity index (χ1n) is 6.45. The summed E-state index contributed by atoms with van der Waals surface area (Å²) in [5, 5.41) is 15.9. The quantitative estimate of drug-likeness (QED) is 0.679. The van der Waals surface area contributed by atoms with E-state index < -0.39 is 12.0 Å². The maximum atomic E-state index is 11.9. The second-order valence-electron chi connectivity index (χ2n) is 4.06. The van der Waals surface area contributed by atoms with Crippen molar-refractivity contribution >= 4 is 29.2 Å². The van der Waals surface area contributed by atoms with Crippen LogP contribution in [0.15, 0.2) is 5.38 Å². The summed E-state index contributed by atoms with van der Waals surface area (Å²) in [5.41, 5.74) is -0.0427. The number of hydrogen-bond donors (Lipinski definition) is 3. The first-order valence-corrected chi connectivity index (χ1v) is 7.33. The van der Waals surface area contributed by atoms with Gasteiger partial charge >= 0.3 is 12.0 Å². The van der Waals surface area contributed by atoms with Crippen molar-refractivity contribution < 1.29 is 19.5 Å². The Balaban J connectivity index is 2.49. The summed E-state index contributed by atoms with van der Waals surface area (Å²) in [7, 11) is 0. The number of urea groups is 1. The molecule has 0 atom stereocenters. The van der Waals surface area contributed by atoms with Crippen LogP contribution in [-0.4, -0.2) is 52.5 Å². The monoisotopic (exact) mass is 314 g/mol. The van der Waals surface area contributed by atoms with Gasteiger partial charge in [-0.15, -0.1) is 11.3 Å². The molecule has 3 amide bonds. The number of carbonyl (C=O) groups excluding carboxylic acids is 2. The predicted molar refractivity (Wildman–Crippen MR) is 77.2 cm³/mol. The molecule has 116 valence electrons. The van der Waals surface area contributed by atoms with E-state index in [0.717, 1.165) is 11.3 Å². The van der Waals surface area contributed by atoms with Crippen molar-refractivity contribution in [2.45, 2.75) is 20.4 Å². The van der Waals surface area contributed by atoms with Crippen molar-refractivity contribution in [3.05, 3.63) is 16.1 Å². The van der Waals surface area contributed by atoms with E-state index in [1.807, 2.05) is 0 Å². The molecule has 0 aliphatic carbocycles. The molecule has 1 rings (SSSR count). The first-order chi connectivity index (χ1) is 9.97. The van der Waals surface area contributed by atoms with Crippen molar-refractivity contribution in [2.75, 3.05) is 19.6 Å². The summed E-state index contributed by atoms with van der Waals surface area (Å²) < 4.78 is 0. The molecule has 0 aliphatic rings. The number of likely N-dealkylation sites (N-methyl/N-ethyl adjacent to an activating group) is 2. The van der Waals surface area contributed by atoms with Crippen molar-refractivity contribution in [1.29, 1.82) is 0 Å². The lowest BCUT2D eigenvalue weighted by molar-refractivity contribution is -0.121. The zero-order chi connectivity index (χ0) is 15.8. The van der Waals surface area contributed by atoms with Gasteiger partial charge in [-0.1, -0.05) is 0 Å². The van der Waals surface area contributed by atoms with Crippen LogP contribution in [0.4, 0.5) is 4.79 Å². The molecule has 0 saturated carbocycles. The van der Waals surface area contributed by atoms with Crippen LogP contribution >= 0.6 is 11.3 Å². The number of carboxylic acids is 1. The van der Waals surface area contributed by atoms with E-state index in [9.17, 15) is 14.4 Å². The summed E-state index contributed by atoms with van der Waals surface area (Å²) >= 11 is 1.16. The third-order valence-electron chi connectivity index (χ3n) is 2.54. The zero-order valence-corrected chi connectivity index (χ0v) is 12.7. The molecule has 0 radical (unpaired) electrons.